The van der Waals surface area contributed by atoms with Crippen LogP contribution in [0.5, 0.6) is 5.75 Å². The van der Waals surface area contributed by atoms with Crippen molar-refractivity contribution in [3.05, 3.63) is 42.4 Å². The summed E-state index contributed by atoms with van der Waals surface area (Å²) in [6.07, 6.45) is 5.59. The summed E-state index contributed by atoms with van der Waals surface area (Å²) in [6, 6.07) is 9.84. The third-order valence-electron chi connectivity index (χ3n) is 4.48. The van der Waals surface area contributed by atoms with Crippen molar-refractivity contribution in [2.45, 2.75) is 38.1 Å². The number of nitrogens with zero attached hydrogens (tertiary/aromatic N) is 4. The van der Waals surface area contributed by atoms with Crippen molar-refractivity contribution < 1.29 is 9.26 Å². The van der Waals surface area contributed by atoms with Gasteiger partial charge in [-0.15, -0.1) is 0 Å². The van der Waals surface area contributed by atoms with Crippen LogP contribution in [0.3, 0.4) is 0 Å². The average molecular weight is 339 g/mol. The van der Waals surface area contributed by atoms with Crippen LogP contribution in [0.1, 0.15) is 38.4 Å². The molecule has 1 fully saturated rings. The van der Waals surface area contributed by atoms with Crippen molar-refractivity contribution in [2.75, 3.05) is 6.61 Å². The first-order chi connectivity index (χ1) is 12.2. The maximum absolute atomic E-state index is 6.29. The maximum Gasteiger partial charge on any atom is 0.282 e. The molecule has 0 atom stereocenters. The molecular formula is C18H21N5O2. The van der Waals surface area contributed by atoms with E-state index in [9.17, 15) is 0 Å². The van der Waals surface area contributed by atoms with E-state index in [1.54, 1.807) is 4.68 Å². The summed E-state index contributed by atoms with van der Waals surface area (Å²) in [6.45, 7) is 2.65. The second kappa shape index (κ2) is 6.33. The Balaban J connectivity index is 1.71. The number of aromatic nitrogens is 4. The summed E-state index contributed by atoms with van der Waals surface area (Å²) >= 11 is 0. The summed E-state index contributed by atoms with van der Waals surface area (Å²) in [4.78, 5) is 4.49. The quantitative estimate of drug-likeness (QED) is 0.742. The highest BCUT2D eigenvalue weighted by Gasteiger charge is 2.39. The maximum atomic E-state index is 6.29. The molecule has 3 aromatic rings. The molecule has 0 aliphatic heterocycles. The molecule has 0 bridgehead atoms. The van der Waals surface area contributed by atoms with Crippen molar-refractivity contribution in [1.29, 1.82) is 0 Å². The van der Waals surface area contributed by atoms with Gasteiger partial charge in [0.2, 0.25) is 0 Å². The largest absolute Gasteiger partial charge is 0.489 e. The van der Waals surface area contributed by atoms with Crippen LogP contribution in [0.25, 0.3) is 17.3 Å². The lowest BCUT2D eigenvalue weighted by Crippen LogP contribution is -2.44. The average Bonchev–Trinajstić information content (AvgIpc) is 3.25. The SMILES string of the molecule is CCCOc1cn(-c2ccccc2)nc1-c1nc(C2(N)CCC2)no1. The Morgan fingerprint density at radius 1 is 1.28 bits per heavy atom. The lowest BCUT2D eigenvalue weighted by Gasteiger charge is -2.34. The molecule has 0 spiro atoms. The molecule has 0 unspecified atom stereocenters. The van der Waals surface area contributed by atoms with Crippen molar-refractivity contribution in [2.24, 2.45) is 5.73 Å². The van der Waals surface area contributed by atoms with E-state index in [4.69, 9.17) is 15.0 Å². The van der Waals surface area contributed by atoms with E-state index in [2.05, 4.69) is 22.2 Å². The molecule has 7 nitrogen and oxygen atoms in total. The summed E-state index contributed by atoms with van der Waals surface area (Å²) in [5.41, 5.74) is 7.30. The van der Waals surface area contributed by atoms with Gasteiger partial charge >= 0.3 is 0 Å². The van der Waals surface area contributed by atoms with Crippen LogP contribution >= 0.6 is 0 Å². The molecule has 1 aliphatic carbocycles. The van der Waals surface area contributed by atoms with Crippen molar-refractivity contribution in [3.63, 3.8) is 0 Å². The van der Waals surface area contributed by atoms with Gasteiger partial charge in [-0.25, -0.2) is 4.68 Å². The minimum atomic E-state index is -0.464. The molecule has 0 saturated heterocycles. The van der Waals surface area contributed by atoms with Gasteiger partial charge in [-0.05, 0) is 37.8 Å². The fraction of sp³-hybridized carbons (Fsp3) is 0.389. The molecule has 1 saturated carbocycles. The summed E-state index contributed by atoms with van der Waals surface area (Å²) < 4.78 is 13.0. The Kier molecular flexibility index (Phi) is 4.01. The van der Waals surface area contributed by atoms with Gasteiger partial charge in [-0.1, -0.05) is 30.3 Å². The van der Waals surface area contributed by atoms with Gasteiger partial charge < -0.3 is 15.0 Å². The van der Waals surface area contributed by atoms with Gasteiger partial charge in [0, 0.05) is 0 Å². The normalized spacial score (nSPS) is 15.8. The first kappa shape index (κ1) is 15.8. The number of ether oxygens (including phenoxy) is 1. The van der Waals surface area contributed by atoms with Gasteiger partial charge in [0.15, 0.2) is 17.3 Å². The molecule has 0 radical (unpaired) electrons. The van der Waals surface area contributed by atoms with Gasteiger partial charge in [-0.2, -0.15) is 10.1 Å². The zero-order valence-corrected chi connectivity index (χ0v) is 14.2. The van der Waals surface area contributed by atoms with E-state index in [-0.39, 0.29) is 0 Å². The molecule has 130 valence electrons. The molecule has 1 aromatic carbocycles. The monoisotopic (exact) mass is 339 g/mol. The second-order valence-corrected chi connectivity index (χ2v) is 6.40. The number of nitrogens with two attached hydrogens (primary N) is 1. The van der Waals surface area contributed by atoms with Crippen LogP contribution < -0.4 is 10.5 Å². The second-order valence-electron chi connectivity index (χ2n) is 6.40. The first-order valence-electron chi connectivity index (χ1n) is 8.61. The van der Waals surface area contributed by atoms with Gasteiger partial charge in [0.05, 0.1) is 24.0 Å². The van der Waals surface area contributed by atoms with Gasteiger partial charge in [-0.3, -0.25) is 0 Å². The van der Waals surface area contributed by atoms with Crippen LogP contribution in [0.4, 0.5) is 0 Å². The minimum Gasteiger partial charge on any atom is -0.489 e. The highest BCUT2D eigenvalue weighted by molar-refractivity contribution is 5.57. The number of hydrogen-bond acceptors (Lipinski definition) is 6. The fourth-order valence-corrected chi connectivity index (χ4v) is 2.84. The Morgan fingerprint density at radius 2 is 2.08 bits per heavy atom. The standard InChI is InChI=1S/C18H21N5O2/c1-2-11-24-14-12-23(13-7-4-3-5-8-13)21-15(14)16-20-17(22-25-16)18(19)9-6-10-18/h3-5,7-8,12H,2,6,9-11,19H2,1H3. The Labute approximate surface area is 145 Å². The molecule has 2 heterocycles. The van der Waals surface area contributed by atoms with E-state index in [0.29, 0.717) is 29.8 Å². The molecule has 0 amide bonds. The van der Waals surface area contributed by atoms with Gasteiger partial charge in [0.1, 0.15) is 0 Å². The predicted octanol–water partition coefficient (Wildman–Crippen LogP) is 3.05. The van der Waals surface area contributed by atoms with E-state index in [0.717, 1.165) is 31.4 Å². The number of rotatable bonds is 6. The third-order valence-corrected chi connectivity index (χ3v) is 4.48. The fourth-order valence-electron chi connectivity index (χ4n) is 2.84. The van der Waals surface area contributed by atoms with Crippen LogP contribution in [0.15, 0.2) is 41.1 Å². The van der Waals surface area contributed by atoms with E-state index in [1.807, 2.05) is 36.5 Å². The van der Waals surface area contributed by atoms with Crippen LogP contribution in [-0.2, 0) is 5.54 Å². The molecule has 25 heavy (non-hydrogen) atoms. The highest BCUT2D eigenvalue weighted by atomic mass is 16.5. The van der Waals surface area contributed by atoms with E-state index in [1.165, 1.54) is 0 Å². The minimum absolute atomic E-state index is 0.340. The summed E-state index contributed by atoms with van der Waals surface area (Å²) in [5, 5.41) is 8.67. The molecule has 2 aromatic heterocycles. The predicted molar refractivity (Wildman–Crippen MR) is 92.4 cm³/mol. The molecule has 2 N–H and O–H groups in total. The summed E-state index contributed by atoms with van der Waals surface area (Å²) in [7, 11) is 0. The number of benzene rings is 1. The van der Waals surface area contributed by atoms with Crippen molar-refractivity contribution >= 4 is 0 Å². The number of hydrogen-bond donors (Lipinski definition) is 1. The lowest BCUT2D eigenvalue weighted by atomic mass is 9.77. The molecule has 7 heteroatoms. The molecule has 1 aliphatic rings. The van der Waals surface area contributed by atoms with Crippen LogP contribution in [0.2, 0.25) is 0 Å². The Bertz CT molecular complexity index is 851. The summed E-state index contributed by atoms with van der Waals surface area (Å²) in [5.74, 6) is 1.51. The van der Waals surface area contributed by atoms with Gasteiger partial charge in [0.25, 0.3) is 5.89 Å². The highest BCUT2D eigenvalue weighted by Crippen LogP contribution is 2.38. The zero-order chi connectivity index (χ0) is 17.3. The Morgan fingerprint density at radius 3 is 2.76 bits per heavy atom. The van der Waals surface area contributed by atoms with Crippen LogP contribution in [-0.4, -0.2) is 26.5 Å². The van der Waals surface area contributed by atoms with Crippen LogP contribution in [0, 0.1) is 0 Å². The smallest absolute Gasteiger partial charge is 0.282 e. The van der Waals surface area contributed by atoms with E-state index >= 15 is 0 Å². The zero-order valence-electron chi connectivity index (χ0n) is 14.2. The van der Waals surface area contributed by atoms with Crippen molar-refractivity contribution in [3.8, 4) is 23.0 Å². The van der Waals surface area contributed by atoms with Crippen molar-refractivity contribution in [1.82, 2.24) is 19.9 Å². The molecular weight excluding hydrogens is 318 g/mol. The lowest BCUT2D eigenvalue weighted by molar-refractivity contribution is 0.229. The Hall–Kier alpha value is -2.67. The first-order valence-corrected chi connectivity index (χ1v) is 8.61. The molecule has 4 rings (SSSR count). The number of para-hydroxylation sites is 1. The third kappa shape index (κ3) is 2.91. The topological polar surface area (TPSA) is 92.0 Å². The van der Waals surface area contributed by atoms with E-state index < -0.39 is 5.54 Å².